The van der Waals surface area contributed by atoms with E-state index in [0.29, 0.717) is 19.1 Å². The minimum Gasteiger partial charge on any atom is -0.379 e. The third-order valence-electron chi connectivity index (χ3n) is 2.77. The van der Waals surface area contributed by atoms with Gasteiger partial charge in [0.2, 0.25) is 0 Å². The SMILES string of the molecule is CCCS(=O)(=O)C/C=C(/C)CC1COCCN1. The number of rotatable bonds is 6. The van der Waals surface area contributed by atoms with Gasteiger partial charge < -0.3 is 10.1 Å². The summed E-state index contributed by atoms with van der Waals surface area (Å²) < 4.78 is 28.4. The Morgan fingerprint density at radius 2 is 2.29 bits per heavy atom. The van der Waals surface area contributed by atoms with Crippen molar-refractivity contribution in [1.82, 2.24) is 5.32 Å². The van der Waals surface area contributed by atoms with Crippen LogP contribution in [0.25, 0.3) is 0 Å². The Kier molecular flexibility index (Phi) is 6.16. The fourth-order valence-electron chi connectivity index (χ4n) is 1.89. The van der Waals surface area contributed by atoms with Crippen LogP contribution in [0.3, 0.4) is 0 Å². The van der Waals surface area contributed by atoms with Gasteiger partial charge in [-0.25, -0.2) is 8.42 Å². The molecule has 5 heteroatoms. The summed E-state index contributed by atoms with van der Waals surface area (Å²) in [7, 11) is -2.90. The Bertz CT molecular complexity index is 343. The Balaban J connectivity index is 2.38. The highest BCUT2D eigenvalue weighted by Crippen LogP contribution is 2.08. The zero-order valence-electron chi connectivity index (χ0n) is 10.7. The molecule has 0 aliphatic carbocycles. The first-order chi connectivity index (χ1) is 8.03. The molecule has 0 aromatic heterocycles. The fraction of sp³-hybridized carbons (Fsp3) is 0.833. The number of nitrogens with one attached hydrogen (secondary N) is 1. The summed E-state index contributed by atoms with van der Waals surface area (Å²) in [5.41, 5.74) is 1.12. The first kappa shape index (κ1) is 14.7. The van der Waals surface area contributed by atoms with Crippen LogP contribution >= 0.6 is 0 Å². The molecule has 1 unspecified atom stereocenters. The predicted molar refractivity (Wildman–Crippen MR) is 69.9 cm³/mol. The smallest absolute Gasteiger partial charge is 0.153 e. The number of morpholine rings is 1. The van der Waals surface area contributed by atoms with Gasteiger partial charge in [-0.1, -0.05) is 18.6 Å². The topological polar surface area (TPSA) is 55.4 Å². The predicted octanol–water partition coefficient (Wildman–Crippen LogP) is 1.14. The molecule has 1 rings (SSSR count). The maximum Gasteiger partial charge on any atom is 0.153 e. The van der Waals surface area contributed by atoms with E-state index in [9.17, 15) is 8.42 Å². The molecule has 4 nitrogen and oxygen atoms in total. The first-order valence-electron chi connectivity index (χ1n) is 6.20. The van der Waals surface area contributed by atoms with Crippen molar-refractivity contribution >= 4 is 9.84 Å². The molecule has 0 aromatic carbocycles. The van der Waals surface area contributed by atoms with E-state index in [1.165, 1.54) is 0 Å². The van der Waals surface area contributed by atoms with Gasteiger partial charge >= 0.3 is 0 Å². The second-order valence-electron chi connectivity index (χ2n) is 4.59. The van der Waals surface area contributed by atoms with Crippen LogP contribution in [-0.4, -0.2) is 45.7 Å². The van der Waals surface area contributed by atoms with Gasteiger partial charge in [-0.15, -0.1) is 0 Å². The molecule has 1 atom stereocenters. The lowest BCUT2D eigenvalue weighted by molar-refractivity contribution is 0.0770. The normalized spacial score (nSPS) is 22.7. The van der Waals surface area contributed by atoms with Crippen LogP contribution in [0.15, 0.2) is 11.6 Å². The summed E-state index contributed by atoms with van der Waals surface area (Å²) in [6, 6.07) is 0.328. The van der Waals surface area contributed by atoms with Crippen LogP contribution in [-0.2, 0) is 14.6 Å². The van der Waals surface area contributed by atoms with E-state index in [0.717, 1.165) is 25.1 Å². The Morgan fingerprint density at radius 1 is 1.53 bits per heavy atom. The van der Waals surface area contributed by atoms with Crippen molar-refractivity contribution in [1.29, 1.82) is 0 Å². The molecule has 1 aliphatic heterocycles. The molecule has 1 heterocycles. The van der Waals surface area contributed by atoms with E-state index in [-0.39, 0.29) is 11.5 Å². The molecular weight excluding hydrogens is 238 g/mol. The van der Waals surface area contributed by atoms with Crippen LogP contribution in [0.1, 0.15) is 26.7 Å². The minimum absolute atomic E-state index is 0.167. The van der Waals surface area contributed by atoms with Crippen molar-refractivity contribution in [2.24, 2.45) is 0 Å². The lowest BCUT2D eigenvalue weighted by Crippen LogP contribution is -2.41. The van der Waals surface area contributed by atoms with Crippen LogP contribution in [0.5, 0.6) is 0 Å². The van der Waals surface area contributed by atoms with Crippen molar-refractivity contribution in [3.05, 3.63) is 11.6 Å². The van der Waals surface area contributed by atoms with Gasteiger partial charge in [-0.05, 0) is 19.8 Å². The number of sulfone groups is 1. The zero-order valence-corrected chi connectivity index (χ0v) is 11.6. The van der Waals surface area contributed by atoms with Crippen LogP contribution < -0.4 is 5.32 Å². The van der Waals surface area contributed by atoms with E-state index < -0.39 is 9.84 Å². The average Bonchev–Trinajstić information content (AvgIpc) is 2.28. The first-order valence-corrected chi connectivity index (χ1v) is 8.03. The molecule has 0 radical (unpaired) electrons. The highest BCUT2D eigenvalue weighted by molar-refractivity contribution is 7.91. The molecule has 0 aromatic rings. The van der Waals surface area contributed by atoms with E-state index in [1.807, 2.05) is 19.9 Å². The van der Waals surface area contributed by atoms with Gasteiger partial charge in [-0.3, -0.25) is 0 Å². The third kappa shape index (κ3) is 6.19. The second-order valence-corrected chi connectivity index (χ2v) is 6.82. The molecular formula is C12H23NO3S. The van der Waals surface area contributed by atoms with E-state index in [4.69, 9.17) is 4.74 Å². The molecule has 1 aliphatic rings. The van der Waals surface area contributed by atoms with Gasteiger partial charge in [0, 0.05) is 12.6 Å². The van der Waals surface area contributed by atoms with Crippen molar-refractivity contribution < 1.29 is 13.2 Å². The lowest BCUT2D eigenvalue weighted by Gasteiger charge is -2.24. The largest absolute Gasteiger partial charge is 0.379 e. The van der Waals surface area contributed by atoms with Gasteiger partial charge in [0.1, 0.15) is 0 Å². The lowest BCUT2D eigenvalue weighted by atomic mass is 10.1. The molecule has 0 saturated carbocycles. The van der Waals surface area contributed by atoms with Crippen LogP contribution in [0.2, 0.25) is 0 Å². The summed E-state index contributed by atoms with van der Waals surface area (Å²) in [5.74, 6) is 0.446. The van der Waals surface area contributed by atoms with Crippen molar-refractivity contribution in [3.8, 4) is 0 Å². The minimum atomic E-state index is -2.90. The maximum atomic E-state index is 11.5. The Morgan fingerprint density at radius 3 is 2.88 bits per heavy atom. The summed E-state index contributed by atoms with van der Waals surface area (Å²) in [6.45, 7) is 6.23. The van der Waals surface area contributed by atoms with E-state index >= 15 is 0 Å². The van der Waals surface area contributed by atoms with Gasteiger partial charge in [0.15, 0.2) is 9.84 Å². The number of hydrogen-bond acceptors (Lipinski definition) is 4. The average molecular weight is 261 g/mol. The van der Waals surface area contributed by atoms with Gasteiger partial charge in [0.05, 0.1) is 24.7 Å². The van der Waals surface area contributed by atoms with Crippen molar-refractivity contribution in [2.45, 2.75) is 32.7 Å². The monoisotopic (exact) mass is 261 g/mol. The number of hydrogen-bond donors (Lipinski definition) is 1. The molecule has 1 saturated heterocycles. The van der Waals surface area contributed by atoms with E-state index in [2.05, 4.69) is 5.32 Å². The third-order valence-corrected chi connectivity index (χ3v) is 4.47. The summed E-state index contributed by atoms with van der Waals surface area (Å²) in [6.07, 6.45) is 3.39. The van der Waals surface area contributed by atoms with Gasteiger partial charge in [-0.2, -0.15) is 0 Å². The molecule has 0 bridgehead atoms. The van der Waals surface area contributed by atoms with Crippen molar-refractivity contribution in [3.63, 3.8) is 0 Å². The molecule has 0 amide bonds. The second kappa shape index (κ2) is 7.13. The maximum absolute atomic E-state index is 11.5. The van der Waals surface area contributed by atoms with Crippen LogP contribution in [0, 0.1) is 0 Å². The van der Waals surface area contributed by atoms with Gasteiger partial charge in [0.25, 0.3) is 0 Å². The summed E-state index contributed by atoms with van der Waals surface area (Å²) in [4.78, 5) is 0. The summed E-state index contributed by atoms with van der Waals surface area (Å²) in [5, 5.41) is 3.36. The fourth-order valence-corrected chi connectivity index (χ4v) is 3.21. The highest BCUT2D eigenvalue weighted by Gasteiger charge is 2.13. The molecule has 1 N–H and O–H groups in total. The molecule has 100 valence electrons. The molecule has 17 heavy (non-hydrogen) atoms. The molecule has 0 spiro atoms. The Labute approximate surface area is 104 Å². The van der Waals surface area contributed by atoms with Crippen molar-refractivity contribution in [2.75, 3.05) is 31.3 Å². The number of ether oxygens (including phenoxy) is 1. The Hall–Kier alpha value is -0.390. The molecule has 1 fully saturated rings. The summed E-state index contributed by atoms with van der Waals surface area (Å²) >= 11 is 0. The standard InChI is InChI=1S/C12H23NO3S/c1-3-7-17(14,15)8-4-11(2)9-12-10-16-6-5-13-12/h4,12-13H,3,5-10H2,1-2H3/b11-4-. The highest BCUT2D eigenvalue weighted by atomic mass is 32.2. The van der Waals surface area contributed by atoms with E-state index in [1.54, 1.807) is 0 Å². The van der Waals surface area contributed by atoms with Crippen LogP contribution in [0.4, 0.5) is 0 Å². The quantitative estimate of drug-likeness (QED) is 0.728. The zero-order chi connectivity index (χ0) is 12.7.